The average molecular weight is 253 g/mol. The standard InChI is InChI=1S/C15H24FNO/c1-6-17(7-2)15(4,5)14(18)13-10-12(16)9-8-11(13)3/h8-10,14,18H,6-7H2,1-5H3. The summed E-state index contributed by atoms with van der Waals surface area (Å²) in [5.74, 6) is -0.301. The molecule has 1 rings (SSSR count). The van der Waals surface area contributed by atoms with E-state index in [1.54, 1.807) is 6.07 Å². The number of benzene rings is 1. The summed E-state index contributed by atoms with van der Waals surface area (Å²) < 4.78 is 13.3. The average Bonchev–Trinajstić information content (AvgIpc) is 2.32. The molecule has 1 atom stereocenters. The number of aliphatic hydroxyl groups is 1. The molecule has 0 radical (unpaired) electrons. The zero-order valence-electron chi connectivity index (χ0n) is 12.0. The van der Waals surface area contributed by atoms with Crippen LogP contribution in [0, 0.1) is 12.7 Å². The molecule has 0 spiro atoms. The van der Waals surface area contributed by atoms with Gasteiger partial charge in [0.2, 0.25) is 0 Å². The summed E-state index contributed by atoms with van der Waals surface area (Å²) in [7, 11) is 0. The zero-order chi connectivity index (χ0) is 13.9. The van der Waals surface area contributed by atoms with Crippen molar-refractivity contribution in [3.63, 3.8) is 0 Å². The number of halogens is 1. The number of nitrogens with zero attached hydrogens (tertiary/aromatic N) is 1. The second-order valence-electron chi connectivity index (χ2n) is 5.23. The second-order valence-corrected chi connectivity index (χ2v) is 5.23. The predicted molar refractivity (Wildman–Crippen MR) is 73.1 cm³/mol. The van der Waals surface area contributed by atoms with E-state index in [9.17, 15) is 9.50 Å². The molecule has 0 bridgehead atoms. The fraction of sp³-hybridized carbons (Fsp3) is 0.600. The van der Waals surface area contributed by atoms with Crippen LogP contribution in [0.15, 0.2) is 18.2 Å². The highest BCUT2D eigenvalue weighted by molar-refractivity contribution is 5.30. The monoisotopic (exact) mass is 253 g/mol. The first kappa shape index (κ1) is 15.1. The van der Waals surface area contributed by atoms with Gasteiger partial charge in [0.1, 0.15) is 5.82 Å². The summed E-state index contributed by atoms with van der Waals surface area (Å²) in [6.45, 7) is 11.7. The zero-order valence-corrected chi connectivity index (χ0v) is 12.0. The minimum absolute atomic E-state index is 0.301. The third-order valence-electron chi connectivity index (χ3n) is 3.78. The van der Waals surface area contributed by atoms with Gasteiger partial charge >= 0.3 is 0 Å². The quantitative estimate of drug-likeness (QED) is 0.870. The van der Waals surface area contributed by atoms with E-state index in [0.29, 0.717) is 5.56 Å². The molecule has 2 nitrogen and oxygen atoms in total. The van der Waals surface area contributed by atoms with Crippen molar-refractivity contribution < 1.29 is 9.50 Å². The molecular formula is C15H24FNO. The molecule has 0 heterocycles. The lowest BCUT2D eigenvalue weighted by molar-refractivity contribution is -0.00674. The van der Waals surface area contributed by atoms with E-state index in [0.717, 1.165) is 18.7 Å². The Bertz CT molecular complexity index is 399. The Morgan fingerprint density at radius 3 is 2.33 bits per heavy atom. The van der Waals surface area contributed by atoms with Crippen LogP contribution in [-0.4, -0.2) is 28.6 Å². The maximum Gasteiger partial charge on any atom is 0.123 e. The number of likely N-dealkylation sites (N-methyl/N-ethyl adjacent to an activating group) is 1. The highest BCUT2D eigenvalue weighted by atomic mass is 19.1. The largest absolute Gasteiger partial charge is 0.386 e. The molecule has 18 heavy (non-hydrogen) atoms. The molecule has 0 saturated heterocycles. The van der Waals surface area contributed by atoms with Crippen molar-refractivity contribution in [2.24, 2.45) is 0 Å². The van der Waals surface area contributed by atoms with E-state index < -0.39 is 11.6 Å². The van der Waals surface area contributed by atoms with Crippen LogP contribution >= 0.6 is 0 Å². The van der Waals surface area contributed by atoms with E-state index in [2.05, 4.69) is 18.7 Å². The Hall–Kier alpha value is -0.930. The molecule has 102 valence electrons. The summed E-state index contributed by atoms with van der Waals surface area (Å²) in [5, 5.41) is 10.6. The highest BCUT2D eigenvalue weighted by Gasteiger charge is 2.34. The van der Waals surface area contributed by atoms with Crippen LogP contribution in [0.5, 0.6) is 0 Å². The van der Waals surface area contributed by atoms with E-state index in [-0.39, 0.29) is 5.82 Å². The molecule has 0 amide bonds. The summed E-state index contributed by atoms with van der Waals surface area (Å²) >= 11 is 0. The van der Waals surface area contributed by atoms with Crippen LogP contribution in [0.3, 0.4) is 0 Å². The lowest BCUT2D eigenvalue weighted by atomic mass is 9.87. The minimum Gasteiger partial charge on any atom is -0.386 e. The molecule has 1 aromatic rings. The van der Waals surface area contributed by atoms with Gasteiger partial charge in [-0.05, 0) is 57.1 Å². The Kier molecular flexibility index (Phi) is 4.88. The third kappa shape index (κ3) is 2.90. The molecule has 0 aromatic heterocycles. The van der Waals surface area contributed by atoms with Crippen molar-refractivity contribution >= 4 is 0 Å². The number of aryl methyl sites for hydroxylation is 1. The SMILES string of the molecule is CCN(CC)C(C)(C)C(O)c1cc(F)ccc1C. The van der Waals surface area contributed by atoms with Crippen molar-refractivity contribution in [3.05, 3.63) is 35.1 Å². The smallest absolute Gasteiger partial charge is 0.123 e. The van der Waals surface area contributed by atoms with Crippen LogP contribution in [-0.2, 0) is 0 Å². The normalized spacial score (nSPS) is 14.0. The molecule has 0 aliphatic carbocycles. The fourth-order valence-electron chi connectivity index (χ4n) is 2.50. The Morgan fingerprint density at radius 2 is 1.83 bits per heavy atom. The van der Waals surface area contributed by atoms with Crippen LogP contribution in [0.1, 0.15) is 44.9 Å². The topological polar surface area (TPSA) is 23.5 Å². The van der Waals surface area contributed by atoms with Crippen LogP contribution < -0.4 is 0 Å². The molecule has 1 N–H and O–H groups in total. The van der Waals surface area contributed by atoms with Gasteiger partial charge < -0.3 is 5.11 Å². The van der Waals surface area contributed by atoms with Crippen LogP contribution in [0.4, 0.5) is 4.39 Å². The summed E-state index contributed by atoms with van der Waals surface area (Å²) in [4.78, 5) is 2.18. The predicted octanol–water partition coefficient (Wildman–Crippen LogP) is 3.29. The number of hydrogen-bond acceptors (Lipinski definition) is 2. The van der Waals surface area contributed by atoms with Crippen molar-refractivity contribution in [3.8, 4) is 0 Å². The molecule has 1 aromatic carbocycles. The maximum atomic E-state index is 13.3. The summed E-state index contributed by atoms with van der Waals surface area (Å²) in [6.07, 6.45) is -0.701. The van der Waals surface area contributed by atoms with E-state index in [1.165, 1.54) is 12.1 Å². The molecule has 3 heteroatoms. The number of rotatable bonds is 5. The van der Waals surface area contributed by atoms with Crippen molar-refractivity contribution in [2.45, 2.75) is 46.3 Å². The van der Waals surface area contributed by atoms with Gasteiger partial charge in [0, 0.05) is 5.54 Å². The van der Waals surface area contributed by atoms with Gasteiger partial charge in [0.15, 0.2) is 0 Å². The molecule has 0 fully saturated rings. The van der Waals surface area contributed by atoms with Crippen LogP contribution in [0.25, 0.3) is 0 Å². The second kappa shape index (κ2) is 5.81. The van der Waals surface area contributed by atoms with Crippen LogP contribution in [0.2, 0.25) is 0 Å². The lowest BCUT2D eigenvalue weighted by Gasteiger charge is -2.41. The van der Waals surface area contributed by atoms with Gasteiger partial charge in [-0.25, -0.2) is 4.39 Å². The van der Waals surface area contributed by atoms with Gasteiger partial charge in [-0.1, -0.05) is 19.9 Å². The first-order chi connectivity index (χ1) is 8.34. The van der Waals surface area contributed by atoms with E-state index in [4.69, 9.17) is 0 Å². The highest BCUT2D eigenvalue weighted by Crippen LogP contribution is 2.32. The van der Waals surface area contributed by atoms with Crippen molar-refractivity contribution in [1.29, 1.82) is 0 Å². The summed E-state index contributed by atoms with van der Waals surface area (Å²) in [6, 6.07) is 4.58. The first-order valence-corrected chi connectivity index (χ1v) is 6.53. The Labute approximate surface area is 109 Å². The van der Waals surface area contributed by atoms with E-state index >= 15 is 0 Å². The third-order valence-corrected chi connectivity index (χ3v) is 3.78. The Balaban J connectivity index is 3.12. The Morgan fingerprint density at radius 1 is 1.28 bits per heavy atom. The number of hydrogen-bond donors (Lipinski definition) is 1. The fourth-order valence-corrected chi connectivity index (χ4v) is 2.50. The summed E-state index contributed by atoms with van der Waals surface area (Å²) in [5.41, 5.74) is 1.18. The van der Waals surface area contributed by atoms with Gasteiger partial charge in [-0.3, -0.25) is 4.90 Å². The molecule has 1 unspecified atom stereocenters. The first-order valence-electron chi connectivity index (χ1n) is 6.53. The van der Waals surface area contributed by atoms with Gasteiger partial charge in [-0.2, -0.15) is 0 Å². The molecule has 0 aliphatic heterocycles. The lowest BCUT2D eigenvalue weighted by Crippen LogP contribution is -2.48. The molecule has 0 saturated carbocycles. The van der Waals surface area contributed by atoms with Gasteiger partial charge in [0.25, 0.3) is 0 Å². The maximum absolute atomic E-state index is 13.3. The number of aliphatic hydroxyl groups excluding tert-OH is 1. The minimum atomic E-state index is -0.701. The van der Waals surface area contributed by atoms with Gasteiger partial charge in [-0.15, -0.1) is 0 Å². The molecular weight excluding hydrogens is 229 g/mol. The molecule has 0 aliphatic rings. The van der Waals surface area contributed by atoms with Gasteiger partial charge in [0.05, 0.1) is 6.10 Å². The van der Waals surface area contributed by atoms with E-state index in [1.807, 2.05) is 20.8 Å². The van der Waals surface area contributed by atoms with Crippen molar-refractivity contribution in [1.82, 2.24) is 4.90 Å². The van der Waals surface area contributed by atoms with Crippen molar-refractivity contribution in [2.75, 3.05) is 13.1 Å².